The molecule has 0 atom stereocenters. The Morgan fingerprint density at radius 1 is 1.32 bits per heavy atom. The topological polar surface area (TPSA) is 104 Å². The number of para-hydroxylation sites is 1. The number of carbonyl (C=O) groups is 1. The summed E-state index contributed by atoms with van der Waals surface area (Å²) in [5.74, 6) is 2.49. The Labute approximate surface area is 166 Å². The zero-order chi connectivity index (χ0) is 20.3. The number of thiazole rings is 1. The van der Waals surface area contributed by atoms with Crippen LogP contribution in [0, 0.1) is 12.3 Å². The van der Waals surface area contributed by atoms with E-state index in [0.717, 1.165) is 11.3 Å². The number of ether oxygens (including phenoxy) is 1. The molecule has 0 saturated heterocycles. The number of primary sulfonamides is 1. The second kappa shape index (κ2) is 7.98. The second-order valence-corrected chi connectivity index (χ2v) is 8.27. The number of fused-ring (bicyclic) bond motifs is 1. The minimum atomic E-state index is -3.85. The third-order valence-corrected chi connectivity index (χ3v) is 5.80. The van der Waals surface area contributed by atoms with Gasteiger partial charge in [-0.05, 0) is 37.3 Å². The van der Waals surface area contributed by atoms with E-state index < -0.39 is 15.9 Å². The van der Waals surface area contributed by atoms with Crippen molar-refractivity contribution in [3.8, 4) is 18.1 Å². The lowest BCUT2D eigenvalue weighted by molar-refractivity contribution is 0.0994. The predicted octanol–water partition coefficient (Wildman–Crippen LogP) is 2.12. The number of hydrogen-bond donors (Lipinski definition) is 1. The number of aromatic nitrogens is 1. The highest BCUT2D eigenvalue weighted by Gasteiger charge is 2.15. The first-order valence-corrected chi connectivity index (χ1v) is 10.6. The number of hydrogen-bond acceptors (Lipinski definition) is 5. The quantitative estimate of drug-likeness (QED) is 0.645. The van der Waals surface area contributed by atoms with Crippen molar-refractivity contribution in [1.29, 1.82) is 0 Å². The van der Waals surface area contributed by atoms with Gasteiger partial charge in [0.15, 0.2) is 4.80 Å². The third-order valence-electron chi connectivity index (χ3n) is 3.85. The first-order chi connectivity index (χ1) is 13.3. The predicted molar refractivity (Wildman–Crippen MR) is 108 cm³/mol. The molecule has 0 fully saturated rings. The minimum absolute atomic E-state index is 0.0197. The molecule has 0 bridgehead atoms. The van der Waals surface area contributed by atoms with Crippen LogP contribution in [0.1, 0.15) is 17.3 Å². The molecule has 1 heterocycles. The minimum Gasteiger partial charge on any atom is -0.493 e. The Bertz CT molecular complexity index is 1260. The fraction of sp³-hybridized carbons (Fsp3) is 0.158. The maximum absolute atomic E-state index is 12.7. The summed E-state index contributed by atoms with van der Waals surface area (Å²) >= 11 is 1.16. The van der Waals surface area contributed by atoms with Crippen LogP contribution < -0.4 is 14.7 Å². The van der Waals surface area contributed by atoms with Crippen LogP contribution in [0.15, 0.2) is 52.4 Å². The fourth-order valence-electron chi connectivity index (χ4n) is 2.63. The van der Waals surface area contributed by atoms with Crippen molar-refractivity contribution in [2.75, 3.05) is 6.61 Å². The smallest absolute Gasteiger partial charge is 0.283 e. The first kappa shape index (κ1) is 19.8. The summed E-state index contributed by atoms with van der Waals surface area (Å²) in [7, 11) is -3.85. The summed E-state index contributed by atoms with van der Waals surface area (Å²) in [5, 5.41) is 5.20. The highest BCUT2D eigenvalue weighted by Crippen LogP contribution is 2.22. The van der Waals surface area contributed by atoms with Gasteiger partial charge in [-0.3, -0.25) is 4.79 Å². The van der Waals surface area contributed by atoms with Crippen molar-refractivity contribution < 1.29 is 17.9 Å². The summed E-state index contributed by atoms with van der Waals surface area (Å²) in [6.07, 6.45) is 5.46. The van der Waals surface area contributed by atoms with E-state index >= 15 is 0 Å². The highest BCUT2D eigenvalue weighted by molar-refractivity contribution is 7.89. The van der Waals surface area contributed by atoms with Gasteiger partial charge in [-0.25, -0.2) is 13.6 Å². The van der Waals surface area contributed by atoms with E-state index in [0.29, 0.717) is 32.9 Å². The molecule has 2 N–H and O–H groups in total. The lowest BCUT2D eigenvalue weighted by Gasteiger charge is -2.06. The number of benzene rings is 2. The number of terminal acetylenes is 1. The van der Waals surface area contributed by atoms with Gasteiger partial charge in [0.05, 0.1) is 33.8 Å². The Morgan fingerprint density at radius 2 is 2.07 bits per heavy atom. The van der Waals surface area contributed by atoms with Crippen LogP contribution in [-0.2, 0) is 16.6 Å². The van der Waals surface area contributed by atoms with E-state index in [9.17, 15) is 13.2 Å². The SMILES string of the molecule is C#CCn1c(=NC(=O)c2ccccc2OCC)sc2cc(S(N)(=O)=O)ccc21. The van der Waals surface area contributed by atoms with Gasteiger partial charge in [-0.1, -0.05) is 29.4 Å². The molecule has 1 aromatic heterocycles. The number of nitrogens with zero attached hydrogens (tertiary/aromatic N) is 2. The first-order valence-electron chi connectivity index (χ1n) is 8.25. The van der Waals surface area contributed by atoms with Gasteiger partial charge in [0.1, 0.15) is 5.75 Å². The lowest BCUT2D eigenvalue weighted by Crippen LogP contribution is -2.17. The molecule has 3 rings (SSSR count). The summed E-state index contributed by atoms with van der Waals surface area (Å²) in [5.41, 5.74) is 0.999. The maximum atomic E-state index is 12.7. The normalized spacial score (nSPS) is 12.1. The van der Waals surface area contributed by atoms with Crippen LogP contribution in [0.2, 0.25) is 0 Å². The second-order valence-electron chi connectivity index (χ2n) is 5.70. The third kappa shape index (κ3) is 3.99. The number of rotatable bonds is 5. The van der Waals surface area contributed by atoms with Crippen LogP contribution in [0.5, 0.6) is 5.75 Å². The fourth-order valence-corrected chi connectivity index (χ4v) is 4.31. The van der Waals surface area contributed by atoms with E-state index in [2.05, 4.69) is 10.9 Å². The molecule has 0 aliphatic carbocycles. The molecule has 1 amide bonds. The van der Waals surface area contributed by atoms with Gasteiger partial charge in [-0.2, -0.15) is 4.99 Å². The molecule has 144 valence electrons. The van der Waals surface area contributed by atoms with Crippen LogP contribution in [0.25, 0.3) is 10.2 Å². The molecular weight excluding hydrogens is 398 g/mol. The molecule has 28 heavy (non-hydrogen) atoms. The van der Waals surface area contributed by atoms with Crippen LogP contribution in [0.3, 0.4) is 0 Å². The van der Waals surface area contributed by atoms with Crippen molar-refractivity contribution in [1.82, 2.24) is 4.57 Å². The average molecular weight is 415 g/mol. The van der Waals surface area contributed by atoms with Gasteiger partial charge in [0.2, 0.25) is 10.0 Å². The molecule has 0 saturated carbocycles. The van der Waals surface area contributed by atoms with Crippen LogP contribution in [0.4, 0.5) is 0 Å². The summed E-state index contributed by atoms with van der Waals surface area (Å²) in [4.78, 5) is 17.3. The van der Waals surface area contributed by atoms with E-state index in [4.69, 9.17) is 16.3 Å². The van der Waals surface area contributed by atoms with E-state index in [-0.39, 0.29) is 11.4 Å². The molecule has 2 aromatic carbocycles. The molecule has 7 nitrogen and oxygen atoms in total. The maximum Gasteiger partial charge on any atom is 0.283 e. The van der Waals surface area contributed by atoms with Gasteiger partial charge < -0.3 is 9.30 Å². The van der Waals surface area contributed by atoms with E-state index in [1.165, 1.54) is 12.1 Å². The molecule has 3 aromatic rings. The van der Waals surface area contributed by atoms with Gasteiger partial charge in [0, 0.05) is 0 Å². The van der Waals surface area contributed by atoms with Crippen molar-refractivity contribution in [3.63, 3.8) is 0 Å². The van der Waals surface area contributed by atoms with Crippen LogP contribution >= 0.6 is 11.3 Å². The van der Waals surface area contributed by atoms with Crippen molar-refractivity contribution in [3.05, 3.63) is 52.8 Å². The number of sulfonamides is 1. The average Bonchev–Trinajstić information content (AvgIpc) is 2.98. The summed E-state index contributed by atoms with van der Waals surface area (Å²) in [6.45, 7) is 2.42. The summed E-state index contributed by atoms with van der Waals surface area (Å²) < 4.78 is 31.0. The zero-order valence-electron chi connectivity index (χ0n) is 15.0. The molecule has 0 radical (unpaired) electrons. The molecule has 0 unspecified atom stereocenters. The number of nitrogens with two attached hydrogens (primary N) is 1. The Morgan fingerprint density at radius 3 is 2.75 bits per heavy atom. The molecule has 0 spiro atoms. The lowest BCUT2D eigenvalue weighted by atomic mass is 10.2. The Kier molecular flexibility index (Phi) is 5.65. The van der Waals surface area contributed by atoms with Gasteiger partial charge in [-0.15, -0.1) is 6.42 Å². The number of carbonyl (C=O) groups excluding carboxylic acids is 1. The largest absolute Gasteiger partial charge is 0.493 e. The van der Waals surface area contributed by atoms with Crippen molar-refractivity contribution in [2.45, 2.75) is 18.4 Å². The van der Waals surface area contributed by atoms with Gasteiger partial charge >= 0.3 is 0 Å². The molecular formula is C19H17N3O4S2. The monoisotopic (exact) mass is 415 g/mol. The van der Waals surface area contributed by atoms with E-state index in [1.807, 2.05) is 6.92 Å². The molecule has 9 heteroatoms. The number of amides is 1. The highest BCUT2D eigenvalue weighted by atomic mass is 32.2. The Hall–Kier alpha value is -2.93. The molecule has 0 aliphatic heterocycles. The van der Waals surface area contributed by atoms with Crippen LogP contribution in [-0.4, -0.2) is 25.5 Å². The van der Waals surface area contributed by atoms with E-state index in [1.54, 1.807) is 34.9 Å². The van der Waals surface area contributed by atoms with Crippen molar-refractivity contribution in [2.24, 2.45) is 10.1 Å². The van der Waals surface area contributed by atoms with Gasteiger partial charge in [0.25, 0.3) is 5.91 Å². The van der Waals surface area contributed by atoms with Crippen molar-refractivity contribution >= 4 is 37.5 Å². The zero-order valence-corrected chi connectivity index (χ0v) is 16.6. The standard InChI is InChI=1S/C19H17N3O4S2/c1-3-11-22-15-10-9-13(28(20,24)25)12-17(15)27-19(22)21-18(23)14-7-5-6-8-16(14)26-4-2/h1,5-10,12H,4,11H2,2H3,(H2,20,24,25). The Balaban J connectivity index is 2.18. The molecule has 0 aliphatic rings. The summed E-state index contributed by atoms with van der Waals surface area (Å²) in [6, 6.07) is 11.3.